The molecular weight excluding hydrogens is 266 g/mol. The molecule has 0 unspecified atom stereocenters. The normalized spacial score (nSPS) is 12.9. The van der Waals surface area contributed by atoms with E-state index in [-0.39, 0.29) is 0 Å². The van der Waals surface area contributed by atoms with Gasteiger partial charge in [0.2, 0.25) is 0 Å². The lowest BCUT2D eigenvalue weighted by Gasteiger charge is -2.30. The van der Waals surface area contributed by atoms with Gasteiger partial charge < -0.3 is 4.90 Å². The van der Waals surface area contributed by atoms with Crippen molar-refractivity contribution in [1.29, 1.82) is 0 Å². The molecule has 0 aromatic heterocycles. The predicted molar refractivity (Wildman–Crippen MR) is 87.0 cm³/mol. The van der Waals surface area contributed by atoms with Gasteiger partial charge in [-0.25, -0.2) is 5.84 Å². The number of hydrogen-bond acceptors (Lipinski definition) is 4. The first-order valence-electron chi connectivity index (χ1n) is 6.77. The average molecular weight is 285 g/mol. The molecule has 0 fully saturated rings. The number of hydrazine groups is 1. The first kappa shape index (κ1) is 13.3. The topological polar surface area (TPSA) is 32.5 Å². The highest BCUT2D eigenvalue weighted by molar-refractivity contribution is 7.99. The van der Waals surface area contributed by atoms with Crippen LogP contribution in [0.4, 0.5) is 17.1 Å². The number of anilines is 3. The van der Waals surface area contributed by atoms with E-state index in [0.29, 0.717) is 0 Å². The lowest BCUT2D eigenvalue weighted by atomic mass is 10.1. The minimum absolute atomic E-state index is 1.03. The number of benzene rings is 2. The van der Waals surface area contributed by atoms with Crippen molar-refractivity contribution < 1.29 is 0 Å². The van der Waals surface area contributed by atoms with Crippen LogP contribution >= 0.6 is 11.8 Å². The van der Waals surface area contributed by atoms with Gasteiger partial charge in [0.05, 0.1) is 11.4 Å². The van der Waals surface area contributed by atoms with Gasteiger partial charge in [-0.2, -0.15) is 0 Å². The summed E-state index contributed by atoms with van der Waals surface area (Å²) in [5, 5.41) is 1.81. The van der Waals surface area contributed by atoms with Crippen LogP contribution in [-0.4, -0.2) is 14.1 Å². The van der Waals surface area contributed by atoms with Crippen LogP contribution in [0.25, 0.3) is 0 Å². The molecule has 20 heavy (non-hydrogen) atoms. The van der Waals surface area contributed by atoms with Gasteiger partial charge in [0.15, 0.2) is 0 Å². The number of aryl methyl sites for hydroxylation is 1. The highest BCUT2D eigenvalue weighted by atomic mass is 32.2. The Morgan fingerprint density at radius 2 is 1.85 bits per heavy atom. The first-order chi connectivity index (χ1) is 9.60. The van der Waals surface area contributed by atoms with Crippen molar-refractivity contribution in [1.82, 2.24) is 0 Å². The third-order valence-electron chi connectivity index (χ3n) is 3.63. The molecule has 3 rings (SSSR count). The van der Waals surface area contributed by atoms with Crippen LogP contribution < -0.4 is 15.8 Å². The fraction of sp³-hybridized carbons (Fsp3) is 0.250. The molecule has 0 atom stereocenters. The van der Waals surface area contributed by atoms with Crippen molar-refractivity contribution in [3.8, 4) is 0 Å². The van der Waals surface area contributed by atoms with E-state index in [1.807, 2.05) is 0 Å². The van der Waals surface area contributed by atoms with Gasteiger partial charge in [-0.05, 0) is 42.3 Å². The van der Waals surface area contributed by atoms with Gasteiger partial charge >= 0.3 is 0 Å². The predicted octanol–water partition coefficient (Wildman–Crippen LogP) is 3.79. The Bertz CT molecular complexity index is 652. The van der Waals surface area contributed by atoms with Gasteiger partial charge in [-0.1, -0.05) is 24.8 Å². The van der Waals surface area contributed by atoms with Crippen molar-refractivity contribution >= 4 is 28.8 Å². The molecule has 4 heteroatoms. The van der Waals surface area contributed by atoms with E-state index in [4.69, 9.17) is 5.84 Å². The maximum absolute atomic E-state index is 6.31. The van der Waals surface area contributed by atoms with E-state index in [9.17, 15) is 0 Å². The van der Waals surface area contributed by atoms with Crippen LogP contribution in [-0.2, 0) is 6.42 Å². The van der Waals surface area contributed by atoms with Crippen molar-refractivity contribution in [2.45, 2.75) is 23.1 Å². The molecule has 0 saturated heterocycles. The molecule has 3 nitrogen and oxygen atoms in total. The number of hydrogen-bond donors (Lipinski definition) is 1. The second-order valence-corrected chi connectivity index (χ2v) is 6.26. The summed E-state index contributed by atoms with van der Waals surface area (Å²) in [5.74, 6) is 6.31. The molecule has 2 N–H and O–H groups in total. The van der Waals surface area contributed by atoms with E-state index in [1.54, 1.807) is 16.8 Å². The van der Waals surface area contributed by atoms with Gasteiger partial charge in [0.25, 0.3) is 0 Å². The van der Waals surface area contributed by atoms with Crippen LogP contribution in [0.3, 0.4) is 0 Å². The van der Waals surface area contributed by atoms with Crippen molar-refractivity contribution in [2.75, 3.05) is 24.0 Å². The average Bonchev–Trinajstić information content (AvgIpc) is 2.46. The van der Waals surface area contributed by atoms with E-state index in [2.05, 4.69) is 62.3 Å². The van der Waals surface area contributed by atoms with E-state index in [1.165, 1.54) is 21.0 Å². The second-order valence-electron chi connectivity index (χ2n) is 5.17. The highest BCUT2D eigenvalue weighted by Gasteiger charge is 2.22. The van der Waals surface area contributed by atoms with Crippen LogP contribution in [0, 0.1) is 0 Å². The van der Waals surface area contributed by atoms with E-state index < -0.39 is 0 Å². The van der Waals surface area contributed by atoms with Crippen molar-refractivity contribution in [3.05, 3.63) is 42.0 Å². The summed E-state index contributed by atoms with van der Waals surface area (Å²) in [7, 11) is 4.10. The molecule has 0 saturated carbocycles. The molecule has 0 bridgehead atoms. The summed E-state index contributed by atoms with van der Waals surface area (Å²) in [6.45, 7) is 2.16. The van der Waals surface area contributed by atoms with E-state index in [0.717, 1.165) is 17.8 Å². The molecule has 0 aliphatic carbocycles. The van der Waals surface area contributed by atoms with Crippen LogP contribution in [0.15, 0.2) is 46.2 Å². The summed E-state index contributed by atoms with van der Waals surface area (Å²) in [5.41, 5.74) is 4.67. The fourth-order valence-corrected chi connectivity index (χ4v) is 3.45. The molecule has 0 amide bonds. The Morgan fingerprint density at radius 3 is 2.55 bits per heavy atom. The standard InChI is InChI=1S/C16H19N3S/c1-4-11-5-8-15-14(9-11)19(17)13-7-6-12(18(2)3)10-16(13)20-15/h5-10H,4,17H2,1-3H3. The SMILES string of the molecule is CCc1ccc2c(c1)N(N)c1ccc(N(C)C)cc1S2. The largest absolute Gasteiger partial charge is 0.378 e. The number of nitrogens with zero attached hydrogens (tertiary/aromatic N) is 2. The van der Waals surface area contributed by atoms with E-state index >= 15 is 0 Å². The second kappa shape index (κ2) is 5.04. The Kier molecular flexibility index (Phi) is 3.36. The Hall–Kier alpha value is -1.65. The summed E-state index contributed by atoms with van der Waals surface area (Å²) in [6.07, 6.45) is 1.03. The van der Waals surface area contributed by atoms with Gasteiger partial charge in [-0.15, -0.1) is 0 Å². The first-order valence-corrected chi connectivity index (χ1v) is 7.58. The van der Waals surface area contributed by atoms with Crippen LogP contribution in [0.1, 0.15) is 12.5 Å². The van der Waals surface area contributed by atoms with Crippen LogP contribution in [0.2, 0.25) is 0 Å². The molecule has 1 heterocycles. The highest BCUT2D eigenvalue weighted by Crippen LogP contribution is 2.47. The molecule has 2 aromatic carbocycles. The van der Waals surface area contributed by atoms with Gasteiger partial charge in [0, 0.05) is 29.6 Å². The molecule has 1 aliphatic rings. The minimum Gasteiger partial charge on any atom is -0.378 e. The minimum atomic E-state index is 1.03. The molecule has 1 aliphatic heterocycles. The maximum atomic E-state index is 6.31. The quantitative estimate of drug-likeness (QED) is 0.851. The van der Waals surface area contributed by atoms with Gasteiger partial charge in [0.1, 0.15) is 0 Å². The zero-order chi connectivity index (χ0) is 14.3. The smallest absolute Gasteiger partial charge is 0.0717 e. The fourth-order valence-electron chi connectivity index (χ4n) is 2.37. The molecule has 0 radical (unpaired) electrons. The molecule has 2 aromatic rings. The lowest BCUT2D eigenvalue weighted by molar-refractivity contribution is 1.01. The Balaban J connectivity index is 2.07. The third kappa shape index (κ3) is 2.15. The maximum Gasteiger partial charge on any atom is 0.0717 e. The zero-order valence-corrected chi connectivity index (χ0v) is 12.9. The molecular formula is C16H19N3S. The number of fused-ring (bicyclic) bond motifs is 2. The third-order valence-corrected chi connectivity index (χ3v) is 4.74. The summed E-state index contributed by atoms with van der Waals surface area (Å²) >= 11 is 1.79. The number of nitrogens with two attached hydrogens (primary N) is 1. The Morgan fingerprint density at radius 1 is 1.05 bits per heavy atom. The van der Waals surface area contributed by atoms with Crippen LogP contribution in [0.5, 0.6) is 0 Å². The lowest BCUT2D eigenvalue weighted by Crippen LogP contribution is -2.28. The molecule has 104 valence electrons. The number of rotatable bonds is 2. The summed E-state index contributed by atoms with van der Waals surface area (Å²) < 4.78 is 0. The van der Waals surface area contributed by atoms with Crippen molar-refractivity contribution in [3.63, 3.8) is 0 Å². The molecule has 0 spiro atoms. The summed E-state index contributed by atoms with van der Waals surface area (Å²) in [6, 6.07) is 12.9. The zero-order valence-electron chi connectivity index (χ0n) is 12.1. The summed E-state index contributed by atoms with van der Waals surface area (Å²) in [4.78, 5) is 4.53. The Labute approximate surface area is 124 Å². The monoisotopic (exact) mass is 285 g/mol. The van der Waals surface area contributed by atoms with Crippen molar-refractivity contribution in [2.24, 2.45) is 5.84 Å². The van der Waals surface area contributed by atoms with Gasteiger partial charge in [-0.3, -0.25) is 5.01 Å².